The smallest absolute Gasteiger partial charge is 0.339 e. The molecule has 1 aromatic heterocycles. The van der Waals surface area contributed by atoms with Gasteiger partial charge in [0.25, 0.3) is 0 Å². The average molecular weight is 519 g/mol. The molecule has 1 saturated heterocycles. The number of thiophene rings is 1. The van der Waals surface area contributed by atoms with E-state index < -0.39 is 54.2 Å². The molecule has 8 nitrogen and oxygen atoms in total. The summed E-state index contributed by atoms with van der Waals surface area (Å²) in [4.78, 5) is 25.8. The highest BCUT2D eigenvalue weighted by molar-refractivity contribution is 7.08. The van der Waals surface area contributed by atoms with E-state index in [-0.39, 0.29) is 30.1 Å². The van der Waals surface area contributed by atoms with Gasteiger partial charge in [0.1, 0.15) is 23.9 Å². The summed E-state index contributed by atoms with van der Waals surface area (Å²) < 4.78 is 24.0. The summed E-state index contributed by atoms with van der Waals surface area (Å²) in [7, 11) is 1.46. The molecule has 36 heavy (non-hydrogen) atoms. The lowest BCUT2D eigenvalue weighted by atomic mass is 9.59. The van der Waals surface area contributed by atoms with Crippen LogP contribution in [-0.2, 0) is 23.7 Å². The number of rotatable bonds is 4. The van der Waals surface area contributed by atoms with Crippen molar-refractivity contribution in [3.63, 3.8) is 0 Å². The van der Waals surface area contributed by atoms with Gasteiger partial charge < -0.3 is 29.2 Å². The fourth-order valence-corrected chi connectivity index (χ4v) is 7.45. The molecule has 2 N–H and O–H groups in total. The van der Waals surface area contributed by atoms with E-state index in [9.17, 15) is 19.8 Å². The molecule has 0 aromatic carbocycles. The van der Waals surface area contributed by atoms with Crippen molar-refractivity contribution in [3.05, 3.63) is 46.2 Å². The topological polar surface area (TPSA) is 112 Å². The van der Waals surface area contributed by atoms with E-state index in [1.54, 1.807) is 18.4 Å². The van der Waals surface area contributed by atoms with Crippen LogP contribution in [0.5, 0.6) is 0 Å². The van der Waals surface area contributed by atoms with Crippen molar-refractivity contribution in [2.75, 3.05) is 7.11 Å². The van der Waals surface area contributed by atoms with E-state index in [4.69, 9.17) is 18.9 Å². The third-order valence-electron chi connectivity index (χ3n) is 8.40. The predicted octanol–water partition coefficient (Wildman–Crippen LogP) is 2.89. The third kappa shape index (κ3) is 4.05. The number of carbonyl (C=O) groups excluding carboxylic acids is 2. The van der Waals surface area contributed by atoms with Crippen molar-refractivity contribution in [3.8, 4) is 0 Å². The van der Waals surface area contributed by atoms with E-state index in [0.29, 0.717) is 12.0 Å². The number of aliphatic hydroxyl groups excluding tert-OH is 2. The Balaban J connectivity index is 1.54. The largest absolute Gasteiger partial charge is 0.457 e. The van der Waals surface area contributed by atoms with Gasteiger partial charge in [0.15, 0.2) is 6.10 Å². The van der Waals surface area contributed by atoms with Crippen molar-refractivity contribution in [2.45, 2.75) is 75.8 Å². The minimum absolute atomic E-state index is 0.146. The van der Waals surface area contributed by atoms with Gasteiger partial charge in [-0.05, 0) is 37.3 Å². The van der Waals surface area contributed by atoms with Gasteiger partial charge in [-0.15, -0.1) is 0 Å². The molecule has 9 heteroatoms. The molecule has 11 atom stereocenters. The van der Waals surface area contributed by atoms with Gasteiger partial charge in [0.05, 0.1) is 17.8 Å². The molecule has 1 aromatic rings. The van der Waals surface area contributed by atoms with Crippen molar-refractivity contribution in [2.24, 2.45) is 23.7 Å². The highest BCUT2D eigenvalue weighted by Gasteiger charge is 2.67. The summed E-state index contributed by atoms with van der Waals surface area (Å²) >= 11 is 1.42. The van der Waals surface area contributed by atoms with Crippen LogP contribution in [0.3, 0.4) is 0 Å². The Labute approximate surface area is 214 Å². The first-order chi connectivity index (χ1) is 17.2. The highest BCUT2D eigenvalue weighted by atomic mass is 32.1. The molecule has 4 bridgehead atoms. The second-order valence-electron chi connectivity index (χ2n) is 10.5. The summed E-state index contributed by atoms with van der Waals surface area (Å²) in [6, 6.07) is 1.72. The van der Waals surface area contributed by atoms with Gasteiger partial charge in [-0.1, -0.05) is 25.2 Å². The molecule has 5 rings (SSSR count). The SMILES string of the molecule is CO[C@H]1C[C@H]2C=C[C@H]3[C@H]4O[C@]2(/C(C)=C/[C@@H](C)[C@@H]([C@@H](C)O)OC1=O)[C@@H]3[C@H](O)C[C@H]4OC(=O)c1ccsc1. The number of cyclic esters (lactones) is 1. The number of carbonyl (C=O) groups is 2. The number of hydrogen-bond donors (Lipinski definition) is 2. The van der Waals surface area contributed by atoms with E-state index in [0.717, 1.165) is 5.57 Å². The van der Waals surface area contributed by atoms with Gasteiger partial charge in [0, 0.05) is 42.6 Å². The zero-order valence-corrected chi connectivity index (χ0v) is 21.7. The lowest BCUT2D eigenvalue weighted by Gasteiger charge is -2.47. The summed E-state index contributed by atoms with van der Waals surface area (Å²) in [6.07, 6.45) is 2.34. The number of hydrogen-bond acceptors (Lipinski definition) is 9. The maximum absolute atomic E-state index is 13.0. The maximum atomic E-state index is 13.0. The first-order valence-corrected chi connectivity index (χ1v) is 13.5. The summed E-state index contributed by atoms with van der Waals surface area (Å²) in [5.41, 5.74) is 0.487. The molecule has 0 radical (unpaired) electrons. The van der Waals surface area contributed by atoms with Crippen LogP contribution < -0.4 is 0 Å². The average Bonchev–Trinajstić information content (AvgIpc) is 3.42. The number of ether oxygens (including phenoxy) is 4. The standard InChI is InChI=1S/C27H34O8S/c1-13-9-14(2)27-17(10-21(32-4)26(31)34-23(13)15(3)28)5-6-18-22(27)19(29)11-20(24(18)35-27)33-25(30)16-7-8-36-12-16/h5-9,12-13,15,17-24,28-29H,10-11H2,1-4H3/b14-9+/t13-,15-,17-,18-,19-,20-,21+,22+,23+,24-,27+/m1/s1. The Kier molecular flexibility index (Phi) is 6.89. The Morgan fingerprint density at radius 3 is 2.75 bits per heavy atom. The van der Waals surface area contributed by atoms with Crippen LogP contribution in [0.4, 0.5) is 0 Å². The second kappa shape index (κ2) is 9.68. The van der Waals surface area contributed by atoms with E-state index >= 15 is 0 Å². The first-order valence-electron chi connectivity index (χ1n) is 12.5. The number of methoxy groups -OCH3 is 1. The lowest BCUT2D eigenvalue weighted by molar-refractivity contribution is -0.172. The molecule has 4 aliphatic rings. The van der Waals surface area contributed by atoms with Crippen LogP contribution in [0.15, 0.2) is 40.6 Å². The molecule has 1 spiro atoms. The molecule has 0 unspecified atom stereocenters. The van der Waals surface area contributed by atoms with E-state index in [1.807, 2.05) is 37.5 Å². The normalized spacial score (nSPS) is 44.1. The Morgan fingerprint density at radius 2 is 2.08 bits per heavy atom. The minimum atomic E-state index is -0.904. The number of aliphatic hydroxyl groups is 2. The zero-order valence-electron chi connectivity index (χ0n) is 20.9. The third-order valence-corrected chi connectivity index (χ3v) is 9.08. The molecule has 0 amide bonds. The molecule has 3 heterocycles. The quantitative estimate of drug-likeness (QED) is 0.462. The van der Waals surface area contributed by atoms with Crippen molar-refractivity contribution >= 4 is 23.3 Å². The van der Waals surface area contributed by atoms with Gasteiger partial charge >= 0.3 is 11.9 Å². The fourth-order valence-electron chi connectivity index (χ4n) is 6.82. The monoisotopic (exact) mass is 518 g/mol. The van der Waals surface area contributed by atoms with E-state index in [2.05, 4.69) is 0 Å². The summed E-state index contributed by atoms with van der Waals surface area (Å²) in [6.45, 7) is 5.47. The first kappa shape index (κ1) is 25.6. The molecular weight excluding hydrogens is 484 g/mol. The Morgan fingerprint density at radius 1 is 1.31 bits per heavy atom. The summed E-state index contributed by atoms with van der Waals surface area (Å²) in [5, 5.41) is 25.4. The Bertz CT molecular complexity index is 1050. The molecule has 196 valence electrons. The second-order valence-corrected chi connectivity index (χ2v) is 11.3. The summed E-state index contributed by atoms with van der Waals surface area (Å²) in [5.74, 6) is -1.95. The predicted molar refractivity (Wildman–Crippen MR) is 131 cm³/mol. The molecular formula is C27H34O8S. The zero-order chi connectivity index (χ0) is 25.8. The van der Waals surface area contributed by atoms with Crippen molar-refractivity contribution in [1.29, 1.82) is 0 Å². The van der Waals surface area contributed by atoms with Crippen LogP contribution in [0.1, 0.15) is 44.0 Å². The highest BCUT2D eigenvalue weighted by Crippen LogP contribution is 2.60. The lowest BCUT2D eigenvalue weighted by Crippen LogP contribution is -2.54. The van der Waals surface area contributed by atoms with Crippen LogP contribution in [-0.4, -0.2) is 71.5 Å². The van der Waals surface area contributed by atoms with Gasteiger partial charge in [-0.3, -0.25) is 0 Å². The van der Waals surface area contributed by atoms with Crippen LogP contribution in [0, 0.1) is 23.7 Å². The number of esters is 2. The van der Waals surface area contributed by atoms with Crippen LogP contribution >= 0.6 is 11.3 Å². The molecule has 2 aliphatic carbocycles. The van der Waals surface area contributed by atoms with Crippen LogP contribution in [0.2, 0.25) is 0 Å². The molecule has 2 aliphatic heterocycles. The van der Waals surface area contributed by atoms with Gasteiger partial charge in [-0.2, -0.15) is 11.3 Å². The van der Waals surface area contributed by atoms with Crippen LogP contribution in [0.25, 0.3) is 0 Å². The maximum Gasteiger partial charge on any atom is 0.339 e. The molecule has 2 fully saturated rings. The van der Waals surface area contributed by atoms with Gasteiger partial charge in [0.2, 0.25) is 0 Å². The van der Waals surface area contributed by atoms with E-state index in [1.165, 1.54) is 18.4 Å². The Hall–Kier alpha value is -2.04. The molecule has 1 saturated carbocycles. The van der Waals surface area contributed by atoms with Crippen molar-refractivity contribution < 1.29 is 38.7 Å². The fraction of sp³-hybridized carbons (Fsp3) is 0.630. The minimum Gasteiger partial charge on any atom is -0.457 e. The van der Waals surface area contributed by atoms with Crippen molar-refractivity contribution in [1.82, 2.24) is 0 Å². The van der Waals surface area contributed by atoms with Gasteiger partial charge in [-0.25, -0.2) is 9.59 Å².